The number of hydrogen-bond acceptors (Lipinski definition) is 3. The van der Waals surface area contributed by atoms with Crippen molar-refractivity contribution >= 4 is 11.9 Å². The fourth-order valence-electron chi connectivity index (χ4n) is 3.87. The molecule has 1 aliphatic carbocycles. The molecule has 0 unspecified atom stereocenters. The molecule has 2 heterocycles. The molecule has 2 aliphatic heterocycles. The zero-order chi connectivity index (χ0) is 13.4. The van der Waals surface area contributed by atoms with Gasteiger partial charge < -0.3 is 15.2 Å². The summed E-state index contributed by atoms with van der Waals surface area (Å²) in [5.74, 6) is -2.14. The Balaban J connectivity index is 1.66. The first-order chi connectivity index (χ1) is 9.16. The van der Waals surface area contributed by atoms with Gasteiger partial charge in [0.1, 0.15) is 0 Å². The molecule has 5 nitrogen and oxygen atoms in total. The maximum atomic E-state index is 12.4. The number of aliphatic carboxylic acids is 1. The van der Waals surface area contributed by atoms with Crippen molar-refractivity contribution in [2.45, 2.75) is 63.2 Å². The van der Waals surface area contributed by atoms with Crippen LogP contribution in [0.25, 0.3) is 0 Å². The molecule has 2 N–H and O–H groups in total. The number of carbonyl (C=O) groups excluding carboxylic acids is 1. The van der Waals surface area contributed by atoms with Crippen molar-refractivity contribution in [1.82, 2.24) is 5.32 Å². The first-order valence-electron chi connectivity index (χ1n) is 7.35. The molecule has 2 bridgehead atoms. The number of hydrogen-bond donors (Lipinski definition) is 2. The summed E-state index contributed by atoms with van der Waals surface area (Å²) in [6.45, 7) is 0. The second kappa shape index (κ2) is 5.12. The lowest BCUT2D eigenvalue weighted by Gasteiger charge is -2.28. The van der Waals surface area contributed by atoms with E-state index >= 15 is 0 Å². The predicted octanol–water partition coefficient (Wildman–Crippen LogP) is 1.31. The summed E-state index contributed by atoms with van der Waals surface area (Å²) in [7, 11) is 0. The highest BCUT2D eigenvalue weighted by Crippen LogP contribution is 2.43. The van der Waals surface area contributed by atoms with Gasteiger partial charge in [-0.05, 0) is 25.7 Å². The van der Waals surface area contributed by atoms with Gasteiger partial charge in [-0.2, -0.15) is 0 Å². The molecule has 0 aromatic heterocycles. The van der Waals surface area contributed by atoms with E-state index < -0.39 is 17.8 Å². The average molecular weight is 267 g/mol. The Morgan fingerprint density at radius 3 is 2.21 bits per heavy atom. The zero-order valence-corrected chi connectivity index (χ0v) is 11.0. The number of nitrogens with one attached hydrogen (secondary N) is 1. The van der Waals surface area contributed by atoms with Crippen LogP contribution in [-0.4, -0.2) is 35.2 Å². The SMILES string of the molecule is O=C(O)[C@@H]1[C@H](C(=O)NC2CCCCC2)[C@H]2CC[C@H]1O2. The summed E-state index contributed by atoms with van der Waals surface area (Å²) in [4.78, 5) is 23.7. The number of carboxylic acids is 1. The molecule has 1 saturated carbocycles. The van der Waals surface area contributed by atoms with Crippen molar-refractivity contribution in [2.75, 3.05) is 0 Å². The summed E-state index contributed by atoms with van der Waals surface area (Å²) in [6, 6.07) is 0.231. The van der Waals surface area contributed by atoms with Gasteiger partial charge in [0.15, 0.2) is 0 Å². The van der Waals surface area contributed by atoms with Gasteiger partial charge in [0.05, 0.1) is 24.0 Å². The molecule has 0 aromatic rings. The monoisotopic (exact) mass is 267 g/mol. The van der Waals surface area contributed by atoms with Crippen LogP contribution in [0.5, 0.6) is 0 Å². The lowest BCUT2D eigenvalue weighted by molar-refractivity contribution is -0.148. The average Bonchev–Trinajstić information content (AvgIpc) is 2.99. The van der Waals surface area contributed by atoms with Gasteiger partial charge in [0.25, 0.3) is 0 Å². The Labute approximate surface area is 112 Å². The highest BCUT2D eigenvalue weighted by atomic mass is 16.5. The molecule has 1 amide bonds. The van der Waals surface area contributed by atoms with Crippen molar-refractivity contribution in [1.29, 1.82) is 0 Å². The topological polar surface area (TPSA) is 75.6 Å². The van der Waals surface area contributed by atoms with Crippen molar-refractivity contribution in [3.05, 3.63) is 0 Å². The van der Waals surface area contributed by atoms with Crippen LogP contribution in [-0.2, 0) is 14.3 Å². The van der Waals surface area contributed by atoms with Crippen LogP contribution in [0, 0.1) is 11.8 Å². The Kier molecular flexibility index (Phi) is 3.48. The van der Waals surface area contributed by atoms with Crippen LogP contribution in [0.2, 0.25) is 0 Å². The highest BCUT2D eigenvalue weighted by molar-refractivity contribution is 5.86. The number of carbonyl (C=O) groups is 2. The van der Waals surface area contributed by atoms with Crippen LogP contribution in [0.4, 0.5) is 0 Å². The van der Waals surface area contributed by atoms with Crippen LogP contribution >= 0.6 is 0 Å². The Morgan fingerprint density at radius 2 is 1.58 bits per heavy atom. The molecule has 0 spiro atoms. The summed E-state index contributed by atoms with van der Waals surface area (Å²) in [5.41, 5.74) is 0. The third-order valence-corrected chi connectivity index (χ3v) is 4.81. The van der Waals surface area contributed by atoms with Crippen LogP contribution in [0.3, 0.4) is 0 Å². The van der Waals surface area contributed by atoms with E-state index in [4.69, 9.17) is 4.74 Å². The summed E-state index contributed by atoms with van der Waals surface area (Å²) < 4.78 is 5.63. The van der Waals surface area contributed by atoms with Crippen LogP contribution in [0.1, 0.15) is 44.9 Å². The van der Waals surface area contributed by atoms with Gasteiger partial charge in [-0.25, -0.2) is 0 Å². The van der Waals surface area contributed by atoms with E-state index in [2.05, 4.69) is 5.32 Å². The number of ether oxygens (including phenoxy) is 1. The predicted molar refractivity (Wildman–Crippen MR) is 67.5 cm³/mol. The third-order valence-electron chi connectivity index (χ3n) is 4.81. The molecule has 3 fully saturated rings. The molecule has 4 atom stereocenters. The lowest BCUT2D eigenvalue weighted by Crippen LogP contribution is -2.47. The maximum Gasteiger partial charge on any atom is 0.310 e. The molecule has 0 radical (unpaired) electrons. The maximum absolute atomic E-state index is 12.4. The molecule has 5 heteroatoms. The second-order valence-electron chi connectivity index (χ2n) is 6.02. The fourth-order valence-corrected chi connectivity index (χ4v) is 3.87. The van der Waals surface area contributed by atoms with Gasteiger partial charge in [-0.1, -0.05) is 19.3 Å². The second-order valence-corrected chi connectivity index (χ2v) is 6.02. The van der Waals surface area contributed by atoms with E-state index in [0.717, 1.165) is 38.5 Å². The quantitative estimate of drug-likeness (QED) is 0.808. The van der Waals surface area contributed by atoms with Crippen LogP contribution in [0.15, 0.2) is 0 Å². The largest absolute Gasteiger partial charge is 0.481 e. The molecule has 0 aromatic carbocycles. The van der Waals surface area contributed by atoms with E-state index in [9.17, 15) is 14.7 Å². The van der Waals surface area contributed by atoms with Crippen LogP contribution < -0.4 is 5.32 Å². The summed E-state index contributed by atoms with van der Waals surface area (Å²) >= 11 is 0. The minimum absolute atomic E-state index is 0.105. The summed E-state index contributed by atoms with van der Waals surface area (Å²) in [5, 5.41) is 12.3. The molecule has 3 rings (SSSR count). The minimum Gasteiger partial charge on any atom is -0.481 e. The van der Waals surface area contributed by atoms with Crippen molar-refractivity contribution in [3.8, 4) is 0 Å². The van der Waals surface area contributed by atoms with E-state index in [1.165, 1.54) is 6.42 Å². The molecule has 3 aliphatic rings. The molecular formula is C14H21NO4. The van der Waals surface area contributed by atoms with Gasteiger partial charge in [-0.15, -0.1) is 0 Å². The third kappa shape index (κ3) is 2.36. The van der Waals surface area contributed by atoms with Gasteiger partial charge >= 0.3 is 5.97 Å². The Bertz CT molecular complexity index is 378. The van der Waals surface area contributed by atoms with Crippen molar-refractivity contribution in [3.63, 3.8) is 0 Å². The fraction of sp³-hybridized carbons (Fsp3) is 0.857. The molecule has 2 saturated heterocycles. The van der Waals surface area contributed by atoms with E-state index in [0.29, 0.717) is 0 Å². The molecular weight excluding hydrogens is 246 g/mol. The van der Waals surface area contributed by atoms with E-state index in [1.54, 1.807) is 0 Å². The van der Waals surface area contributed by atoms with Crippen molar-refractivity contribution < 1.29 is 19.4 Å². The molecule has 19 heavy (non-hydrogen) atoms. The number of fused-ring (bicyclic) bond motifs is 2. The van der Waals surface area contributed by atoms with E-state index in [-0.39, 0.29) is 24.2 Å². The molecule has 106 valence electrons. The van der Waals surface area contributed by atoms with E-state index in [1.807, 2.05) is 0 Å². The van der Waals surface area contributed by atoms with Gasteiger partial charge in [-0.3, -0.25) is 9.59 Å². The lowest BCUT2D eigenvalue weighted by atomic mass is 9.78. The van der Waals surface area contributed by atoms with Gasteiger partial charge in [0, 0.05) is 6.04 Å². The zero-order valence-electron chi connectivity index (χ0n) is 11.0. The first-order valence-corrected chi connectivity index (χ1v) is 7.35. The number of carboxylic acid groups (broad SMARTS) is 1. The Hall–Kier alpha value is -1.10. The highest BCUT2D eigenvalue weighted by Gasteiger charge is 2.55. The van der Waals surface area contributed by atoms with Crippen molar-refractivity contribution in [2.24, 2.45) is 11.8 Å². The minimum atomic E-state index is -0.893. The normalized spacial score (nSPS) is 38.3. The smallest absolute Gasteiger partial charge is 0.310 e. The number of rotatable bonds is 3. The van der Waals surface area contributed by atoms with Gasteiger partial charge in [0.2, 0.25) is 5.91 Å². The Morgan fingerprint density at radius 1 is 0.947 bits per heavy atom. The number of amides is 1. The standard InChI is InChI=1S/C14H21NO4/c16-13(15-8-4-2-1-3-5-8)11-9-6-7-10(19-9)12(11)14(17)18/h8-12H,1-7H2,(H,15,16)(H,17,18)/t9-,10-,11-,12+/m1/s1. The summed E-state index contributed by atoms with van der Waals surface area (Å²) in [6.07, 6.45) is 6.73. The first kappa shape index (κ1) is 12.9.